The third kappa shape index (κ3) is 10.3. The Kier molecular flexibility index (Phi) is 14.1. The highest BCUT2D eigenvalue weighted by Crippen LogP contribution is 2.42. The van der Waals surface area contributed by atoms with E-state index in [1.54, 1.807) is 24.3 Å². The fourth-order valence-corrected chi connectivity index (χ4v) is 8.61. The number of carbonyl (C=O) groups is 2. The van der Waals surface area contributed by atoms with E-state index in [2.05, 4.69) is 59.7 Å². The molecule has 2 heterocycles. The number of halogens is 1. The first-order valence-electron chi connectivity index (χ1n) is 19.0. The second-order valence-corrected chi connectivity index (χ2v) is 17.7. The Labute approximate surface area is 315 Å². The van der Waals surface area contributed by atoms with E-state index in [0.29, 0.717) is 36.7 Å². The Morgan fingerprint density at radius 3 is 2.58 bits per heavy atom. The first kappa shape index (κ1) is 40.1. The van der Waals surface area contributed by atoms with E-state index in [-0.39, 0.29) is 23.6 Å². The van der Waals surface area contributed by atoms with Crippen LogP contribution in [0.1, 0.15) is 80.8 Å². The zero-order valence-electron chi connectivity index (χ0n) is 31.4. The number of hydrogen-bond donors (Lipinski definition) is 1. The molecule has 5 atom stereocenters. The Hall–Kier alpha value is -3.12. The quantitative estimate of drug-likeness (QED) is 0.170. The maximum absolute atomic E-state index is 12.6. The summed E-state index contributed by atoms with van der Waals surface area (Å²) >= 11 is 6.47. The summed E-state index contributed by atoms with van der Waals surface area (Å²) in [6, 6.07) is 12.9. The van der Waals surface area contributed by atoms with Crippen LogP contribution in [-0.4, -0.2) is 106 Å². The number of fused-ring (bicyclic) bond motifs is 1. The number of cyclic esters (lactones) is 1. The van der Waals surface area contributed by atoms with Crippen LogP contribution < -0.4 is 9.46 Å². The molecule has 10 nitrogen and oxygen atoms in total. The molecular weight excluding hydrogens is 700 g/mol. The van der Waals surface area contributed by atoms with Gasteiger partial charge >= 0.3 is 6.09 Å². The molecule has 2 aliphatic heterocycles. The maximum atomic E-state index is 12.6. The number of ether oxygens (including phenoxy) is 2. The van der Waals surface area contributed by atoms with Crippen molar-refractivity contribution < 1.29 is 27.5 Å². The van der Waals surface area contributed by atoms with Crippen molar-refractivity contribution >= 4 is 33.6 Å². The van der Waals surface area contributed by atoms with Crippen molar-refractivity contribution in [1.29, 1.82) is 0 Å². The molecule has 1 aliphatic carbocycles. The molecule has 0 radical (unpaired) electrons. The molecule has 3 fully saturated rings. The van der Waals surface area contributed by atoms with Gasteiger partial charge in [-0.1, -0.05) is 50.1 Å². The normalized spacial score (nSPS) is 22.0. The van der Waals surface area contributed by atoms with Crippen molar-refractivity contribution in [2.45, 2.75) is 77.0 Å². The van der Waals surface area contributed by atoms with Gasteiger partial charge in [0.05, 0.1) is 17.9 Å². The molecule has 2 amide bonds. The number of piperazine rings is 1. The standard InChI is InChI=1S/C40H57ClN4O6S/c1-6-8-10-31(24-44-19-20-45-35(25-44)27-51-40(45)47)38-17-13-32(38)22-43(5)23-33(37-18-14-34(41)21-30(37)9-7-2)26-50-36-15-11-29(12-16-36)39(46)42-52(48,49)28(3)4/h8,10-12,14-16,18,21,28,31-33,35,38H,6-7,9,13,17,19-20,22-27H2,1-5H3,(H,42,46)/b10-8+. The zero-order chi connectivity index (χ0) is 37.4. The van der Waals surface area contributed by atoms with E-state index in [1.165, 1.54) is 37.8 Å². The molecule has 2 saturated heterocycles. The average molecular weight is 757 g/mol. The lowest BCUT2D eigenvalue weighted by Crippen LogP contribution is -2.54. The number of carbonyl (C=O) groups excluding carboxylic acids is 2. The van der Waals surface area contributed by atoms with Gasteiger partial charge in [-0.2, -0.15) is 0 Å². The van der Waals surface area contributed by atoms with Crippen molar-refractivity contribution in [3.63, 3.8) is 0 Å². The molecule has 3 aliphatic rings. The summed E-state index contributed by atoms with van der Waals surface area (Å²) < 4.78 is 38.2. The van der Waals surface area contributed by atoms with Crippen molar-refractivity contribution in [2.24, 2.45) is 17.8 Å². The summed E-state index contributed by atoms with van der Waals surface area (Å²) in [5.74, 6) is 1.70. The van der Waals surface area contributed by atoms with Gasteiger partial charge in [-0.3, -0.25) is 14.6 Å². The molecule has 286 valence electrons. The van der Waals surface area contributed by atoms with Crippen molar-refractivity contribution in [2.75, 3.05) is 59.5 Å². The van der Waals surface area contributed by atoms with Crippen LogP contribution in [0.3, 0.4) is 0 Å². The lowest BCUT2D eigenvalue weighted by Gasteiger charge is -2.45. The summed E-state index contributed by atoms with van der Waals surface area (Å²) in [5.41, 5.74) is 2.72. The molecule has 1 N–H and O–H groups in total. The number of nitrogens with zero attached hydrogens (tertiary/aromatic N) is 3. The predicted molar refractivity (Wildman–Crippen MR) is 207 cm³/mol. The first-order chi connectivity index (χ1) is 24.9. The Balaban J connectivity index is 1.24. The van der Waals surface area contributed by atoms with Crippen molar-refractivity contribution in [3.05, 3.63) is 76.3 Å². The summed E-state index contributed by atoms with van der Waals surface area (Å²) in [6.45, 7) is 13.7. The number of benzene rings is 2. The number of hydrogen-bond acceptors (Lipinski definition) is 8. The minimum Gasteiger partial charge on any atom is -0.493 e. The number of likely N-dealkylation sites (N-methyl/N-ethyl adjacent to an activating group) is 1. The molecule has 2 aromatic rings. The van der Waals surface area contributed by atoms with Crippen LogP contribution in [0, 0.1) is 17.8 Å². The molecular formula is C40H57ClN4O6S. The SMILES string of the molecule is CC/C=C/C(CN1CCN2C(=O)OCC2C1)C1CCC1CN(C)CC(COc1ccc(C(=O)NS(=O)(=O)C(C)C)cc1)c1ccc(Cl)cc1CCC. The summed E-state index contributed by atoms with van der Waals surface area (Å²) in [7, 11) is -1.52. The van der Waals surface area contributed by atoms with E-state index < -0.39 is 21.2 Å². The Bertz CT molecular complexity index is 1650. The largest absolute Gasteiger partial charge is 0.493 e. The van der Waals surface area contributed by atoms with Gasteiger partial charge in [0, 0.05) is 55.8 Å². The number of allylic oxidation sites excluding steroid dienone is 1. The summed E-state index contributed by atoms with van der Waals surface area (Å²) in [6.07, 6.45) is 9.97. The highest BCUT2D eigenvalue weighted by atomic mass is 35.5. The average Bonchev–Trinajstić information content (AvgIpc) is 3.47. The fourth-order valence-electron chi connectivity index (χ4n) is 7.81. The first-order valence-corrected chi connectivity index (χ1v) is 20.9. The van der Waals surface area contributed by atoms with E-state index >= 15 is 0 Å². The number of amides is 2. The van der Waals surface area contributed by atoms with Gasteiger partial charge in [0.15, 0.2) is 0 Å². The maximum Gasteiger partial charge on any atom is 0.410 e. The van der Waals surface area contributed by atoms with E-state index in [9.17, 15) is 18.0 Å². The van der Waals surface area contributed by atoms with Crippen LogP contribution in [0.25, 0.3) is 0 Å². The number of sulfonamides is 1. The predicted octanol–water partition coefficient (Wildman–Crippen LogP) is 6.60. The van der Waals surface area contributed by atoms with E-state index in [1.807, 2.05) is 11.0 Å². The molecule has 12 heteroatoms. The summed E-state index contributed by atoms with van der Waals surface area (Å²) in [5, 5.41) is 0.0161. The van der Waals surface area contributed by atoms with Crippen LogP contribution in [-0.2, 0) is 21.2 Å². The third-order valence-corrected chi connectivity index (χ3v) is 12.8. The van der Waals surface area contributed by atoms with Crippen LogP contribution in [0.15, 0.2) is 54.6 Å². The second kappa shape index (κ2) is 18.3. The zero-order valence-corrected chi connectivity index (χ0v) is 33.0. The van der Waals surface area contributed by atoms with E-state index in [4.69, 9.17) is 21.1 Å². The molecule has 52 heavy (non-hydrogen) atoms. The molecule has 0 spiro atoms. The van der Waals surface area contributed by atoms with Gasteiger partial charge in [-0.05, 0) is 112 Å². The highest BCUT2D eigenvalue weighted by Gasteiger charge is 2.41. The molecule has 5 rings (SSSR count). The summed E-state index contributed by atoms with van der Waals surface area (Å²) in [4.78, 5) is 31.5. The topological polar surface area (TPSA) is 108 Å². The lowest BCUT2D eigenvalue weighted by molar-refractivity contribution is 0.0513. The van der Waals surface area contributed by atoms with Gasteiger partial charge in [0.25, 0.3) is 5.91 Å². The minimum absolute atomic E-state index is 0.0740. The number of aryl methyl sites for hydroxylation is 1. The van der Waals surface area contributed by atoms with Crippen LogP contribution >= 0.6 is 11.6 Å². The number of rotatable bonds is 18. The van der Waals surface area contributed by atoms with Crippen LogP contribution in [0.4, 0.5) is 4.79 Å². The molecule has 5 unspecified atom stereocenters. The highest BCUT2D eigenvalue weighted by molar-refractivity contribution is 7.90. The molecule has 1 saturated carbocycles. The second-order valence-electron chi connectivity index (χ2n) is 15.1. The van der Waals surface area contributed by atoms with Gasteiger partial charge in [-0.25, -0.2) is 17.9 Å². The van der Waals surface area contributed by atoms with Gasteiger partial charge < -0.3 is 14.4 Å². The molecule has 0 bridgehead atoms. The third-order valence-electron chi connectivity index (χ3n) is 10.9. The monoisotopic (exact) mass is 756 g/mol. The van der Waals surface area contributed by atoms with E-state index in [0.717, 1.165) is 63.6 Å². The minimum atomic E-state index is -3.73. The lowest BCUT2D eigenvalue weighted by atomic mass is 9.66. The van der Waals surface area contributed by atoms with Crippen LogP contribution in [0.5, 0.6) is 5.75 Å². The molecule has 0 aromatic heterocycles. The Morgan fingerprint density at radius 1 is 1.13 bits per heavy atom. The smallest absolute Gasteiger partial charge is 0.410 e. The Morgan fingerprint density at radius 2 is 1.90 bits per heavy atom. The van der Waals surface area contributed by atoms with Gasteiger partial charge in [0.2, 0.25) is 10.0 Å². The molecule has 2 aromatic carbocycles. The van der Waals surface area contributed by atoms with Crippen molar-refractivity contribution in [3.8, 4) is 5.75 Å². The number of nitrogens with one attached hydrogen (secondary N) is 1. The van der Waals surface area contributed by atoms with Gasteiger partial charge in [0.1, 0.15) is 12.4 Å². The van der Waals surface area contributed by atoms with Crippen molar-refractivity contribution in [1.82, 2.24) is 19.4 Å². The van der Waals surface area contributed by atoms with Gasteiger partial charge in [-0.15, -0.1) is 0 Å². The fraction of sp³-hybridized carbons (Fsp3) is 0.600. The van der Waals surface area contributed by atoms with Crippen LogP contribution in [0.2, 0.25) is 5.02 Å².